The maximum Gasteiger partial charge on any atom is 0.339 e. The maximum absolute atomic E-state index is 14.8. The van der Waals surface area contributed by atoms with Crippen molar-refractivity contribution in [1.29, 1.82) is 0 Å². The Morgan fingerprint density at radius 1 is 1.08 bits per heavy atom. The highest BCUT2D eigenvalue weighted by atomic mass is 16.7. The van der Waals surface area contributed by atoms with Gasteiger partial charge in [-0.2, -0.15) is 0 Å². The van der Waals surface area contributed by atoms with Crippen molar-refractivity contribution in [3.63, 3.8) is 0 Å². The van der Waals surface area contributed by atoms with Gasteiger partial charge in [-0.05, 0) is 45.6 Å². The first-order chi connectivity index (χ1) is 17.8. The summed E-state index contributed by atoms with van der Waals surface area (Å²) in [4.78, 5) is 53.0. The Balaban J connectivity index is 1.45. The molecule has 4 saturated heterocycles. The number of hydrogen-bond donors (Lipinski definition) is 0. The van der Waals surface area contributed by atoms with Crippen molar-refractivity contribution in [3.05, 3.63) is 24.2 Å². The minimum Gasteiger partial charge on any atom is -0.472 e. The Labute approximate surface area is 219 Å². The van der Waals surface area contributed by atoms with Crippen LogP contribution < -0.4 is 0 Å². The predicted octanol–water partition coefficient (Wildman–Crippen LogP) is 2.68. The van der Waals surface area contributed by atoms with E-state index in [1.807, 2.05) is 27.7 Å². The molecule has 7 rings (SSSR count). The topological polar surface area (TPSA) is 131 Å². The lowest BCUT2D eigenvalue weighted by molar-refractivity contribution is -0.240. The highest BCUT2D eigenvalue weighted by Gasteiger charge is 2.91. The van der Waals surface area contributed by atoms with Crippen molar-refractivity contribution in [2.24, 2.45) is 28.1 Å². The first-order valence-corrected chi connectivity index (χ1v) is 13.3. The molecule has 10 nitrogen and oxygen atoms in total. The number of furan rings is 1. The average molecular weight is 529 g/mol. The molecule has 1 aromatic rings. The molecule has 4 aliphatic heterocycles. The molecule has 0 radical (unpaired) electrons. The zero-order valence-corrected chi connectivity index (χ0v) is 22.1. The highest BCUT2D eigenvalue weighted by Crippen LogP contribution is 2.79. The second kappa shape index (κ2) is 7.07. The van der Waals surface area contributed by atoms with E-state index in [1.165, 1.54) is 13.2 Å². The Kier molecular flexibility index (Phi) is 4.53. The van der Waals surface area contributed by atoms with Gasteiger partial charge in [-0.3, -0.25) is 14.4 Å². The average Bonchev–Trinajstić information content (AvgIpc) is 3.31. The van der Waals surface area contributed by atoms with Gasteiger partial charge in [0.2, 0.25) is 0 Å². The molecule has 204 valence electrons. The normalized spacial score (nSPS) is 49.9. The lowest BCUT2D eigenvalue weighted by Crippen LogP contribution is -2.76. The third kappa shape index (κ3) is 2.48. The van der Waals surface area contributed by atoms with Gasteiger partial charge < -0.3 is 28.1 Å². The van der Waals surface area contributed by atoms with Gasteiger partial charge in [0.25, 0.3) is 0 Å². The van der Waals surface area contributed by atoms with Gasteiger partial charge in [0.15, 0.2) is 18.0 Å². The molecule has 0 unspecified atom stereocenters. The molecule has 0 amide bonds. The number of carbonyl (C=O) groups excluding carboxylic acids is 4. The van der Waals surface area contributed by atoms with E-state index in [9.17, 15) is 19.2 Å². The van der Waals surface area contributed by atoms with E-state index in [0.717, 1.165) is 0 Å². The SMILES string of the molecule is CC(=O)O[C@@H]1C(=O)[C@]2(C)[C@H](CC[C@@]3(C)[C@H](c4ccoc4)OC(=O)[C@@H]4O[C@@]432)[C@@]23COC(=O)C[C@@H]2OC(C)(C)[C@@H]13. The lowest BCUT2D eigenvalue weighted by Gasteiger charge is -2.65. The molecule has 0 N–H and O–H groups in total. The summed E-state index contributed by atoms with van der Waals surface area (Å²) in [5.41, 5.74) is -4.21. The summed E-state index contributed by atoms with van der Waals surface area (Å²) in [6.45, 7) is 8.93. The fraction of sp³-hybridized carbons (Fsp3) is 0.714. The van der Waals surface area contributed by atoms with Crippen molar-refractivity contribution < 1.29 is 47.3 Å². The van der Waals surface area contributed by atoms with Gasteiger partial charge in [-0.15, -0.1) is 0 Å². The van der Waals surface area contributed by atoms with E-state index in [4.69, 9.17) is 28.1 Å². The molecule has 2 spiro atoms. The fourth-order valence-electron chi connectivity index (χ4n) is 9.78. The third-order valence-electron chi connectivity index (χ3n) is 11.0. The number of Topliss-reactive ketones (excluding diaryl/α,β-unsaturated/α-hetero) is 1. The molecule has 10 heteroatoms. The van der Waals surface area contributed by atoms with Crippen LogP contribution in [-0.2, 0) is 42.9 Å². The smallest absolute Gasteiger partial charge is 0.339 e. The molecular formula is C28H32O10. The lowest BCUT2D eigenvalue weighted by atomic mass is 9.36. The van der Waals surface area contributed by atoms with Crippen molar-refractivity contribution in [3.8, 4) is 0 Å². The molecule has 2 saturated carbocycles. The minimum absolute atomic E-state index is 0.0434. The van der Waals surface area contributed by atoms with Gasteiger partial charge in [0, 0.05) is 29.2 Å². The van der Waals surface area contributed by atoms with Crippen LogP contribution in [0.1, 0.15) is 65.5 Å². The first kappa shape index (κ1) is 24.3. The number of esters is 3. The van der Waals surface area contributed by atoms with Gasteiger partial charge in [0.1, 0.15) is 18.3 Å². The van der Waals surface area contributed by atoms with Gasteiger partial charge in [-0.25, -0.2) is 4.79 Å². The number of rotatable bonds is 2. The third-order valence-corrected chi connectivity index (χ3v) is 11.0. The first-order valence-electron chi connectivity index (χ1n) is 13.3. The van der Waals surface area contributed by atoms with E-state index < -0.39 is 69.7 Å². The van der Waals surface area contributed by atoms with Crippen LogP contribution in [0, 0.1) is 28.1 Å². The minimum atomic E-state index is -1.26. The number of carbonyl (C=O) groups is 4. The molecule has 5 heterocycles. The molecule has 2 aliphatic carbocycles. The summed E-state index contributed by atoms with van der Waals surface area (Å²) >= 11 is 0. The number of ether oxygens (including phenoxy) is 5. The van der Waals surface area contributed by atoms with E-state index >= 15 is 0 Å². The van der Waals surface area contributed by atoms with Crippen molar-refractivity contribution in [2.45, 2.75) is 89.5 Å². The summed E-state index contributed by atoms with van der Waals surface area (Å²) < 4.78 is 35.7. The quantitative estimate of drug-likeness (QED) is 0.321. The molecule has 6 fully saturated rings. The Bertz CT molecular complexity index is 1270. The molecule has 38 heavy (non-hydrogen) atoms. The summed E-state index contributed by atoms with van der Waals surface area (Å²) in [7, 11) is 0. The zero-order chi connectivity index (χ0) is 27.0. The highest BCUT2D eigenvalue weighted by molar-refractivity contribution is 5.97. The van der Waals surface area contributed by atoms with Crippen LogP contribution in [0.25, 0.3) is 0 Å². The predicted molar refractivity (Wildman–Crippen MR) is 125 cm³/mol. The van der Waals surface area contributed by atoms with Gasteiger partial charge in [-0.1, -0.05) is 6.92 Å². The largest absolute Gasteiger partial charge is 0.472 e. The second-order valence-corrected chi connectivity index (χ2v) is 12.9. The van der Waals surface area contributed by atoms with Crippen LogP contribution in [0.5, 0.6) is 0 Å². The number of fused-ring (bicyclic) bond motifs is 1. The van der Waals surface area contributed by atoms with E-state index in [1.54, 1.807) is 12.3 Å². The number of cyclic esters (lactones) is 2. The van der Waals surface area contributed by atoms with Crippen LogP contribution in [0.2, 0.25) is 0 Å². The fourth-order valence-corrected chi connectivity index (χ4v) is 9.78. The number of ketones is 1. The van der Waals surface area contributed by atoms with Crippen molar-refractivity contribution in [2.75, 3.05) is 6.61 Å². The zero-order valence-electron chi connectivity index (χ0n) is 22.1. The van der Waals surface area contributed by atoms with E-state index in [0.29, 0.717) is 18.4 Å². The molecule has 10 atom stereocenters. The standard InChI is InChI=1S/C28H32O10/c1-13(29)35-18-19-24(2,3)37-16-10-17(30)34-12-27(16,19)15-6-8-25(4)21(14-7-9-33-11-14)36-23(32)22-28(25,38-22)26(15,5)20(18)31/h7,9,11,15-16,18-19,21-22H,6,8,10,12H2,1-5H3/t15-,16-,18-,19+,21-,22-,25-,26-,27-,28-/m0/s1. The summed E-state index contributed by atoms with van der Waals surface area (Å²) in [5, 5.41) is 0. The van der Waals surface area contributed by atoms with E-state index in [-0.39, 0.29) is 30.7 Å². The molecule has 0 bridgehead atoms. The monoisotopic (exact) mass is 528 g/mol. The molecule has 1 aromatic heterocycles. The van der Waals surface area contributed by atoms with E-state index in [2.05, 4.69) is 0 Å². The van der Waals surface area contributed by atoms with Crippen molar-refractivity contribution >= 4 is 23.7 Å². The van der Waals surface area contributed by atoms with Crippen LogP contribution in [0.4, 0.5) is 0 Å². The van der Waals surface area contributed by atoms with Crippen LogP contribution in [0.15, 0.2) is 23.0 Å². The van der Waals surface area contributed by atoms with Crippen LogP contribution >= 0.6 is 0 Å². The molecule has 0 aromatic carbocycles. The summed E-state index contributed by atoms with van der Waals surface area (Å²) in [5.74, 6) is -2.65. The number of epoxide rings is 1. The number of hydrogen-bond acceptors (Lipinski definition) is 10. The maximum atomic E-state index is 14.8. The Morgan fingerprint density at radius 2 is 1.84 bits per heavy atom. The second-order valence-electron chi connectivity index (χ2n) is 12.9. The van der Waals surface area contributed by atoms with Crippen molar-refractivity contribution in [1.82, 2.24) is 0 Å². The Morgan fingerprint density at radius 3 is 2.53 bits per heavy atom. The van der Waals surface area contributed by atoms with Gasteiger partial charge >= 0.3 is 17.9 Å². The molecule has 6 aliphatic rings. The van der Waals surface area contributed by atoms with Gasteiger partial charge in [0.05, 0.1) is 36.1 Å². The van der Waals surface area contributed by atoms with Crippen LogP contribution in [0.3, 0.4) is 0 Å². The Hall–Kier alpha value is -2.72. The summed E-state index contributed by atoms with van der Waals surface area (Å²) in [6, 6.07) is 1.76. The van der Waals surface area contributed by atoms with Crippen LogP contribution in [-0.4, -0.2) is 59.8 Å². The molecular weight excluding hydrogens is 496 g/mol. The summed E-state index contributed by atoms with van der Waals surface area (Å²) in [6.07, 6.45) is 0.994.